The Bertz CT molecular complexity index is 2030. The van der Waals surface area contributed by atoms with Crippen molar-refractivity contribution in [1.82, 2.24) is 34.1 Å². The molecule has 0 saturated carbocycles. The van der Waals surface area contributed by atoms with Crippen molar-refractivity contribution in [3.8, 4) is 0 Å². The maximum Gasteiger partial charge on any atom is 0.472 e. The summed E-state index contributed by atoms with van der Waals surface area (Å²) < 4.78 is 64.9. The molecule has 3 aliphatic heterocycles. The molecule has 7 rings (SSSR count). The second-order valence-electron chi connectivity index (χ2n) is 11.0. The van der Waals surface area contributed by atoms with Crippen molar-refractivity contribution >= 4 is 54.4 Å². The molecule has 24 heteroatoms. The molecule has 20 nitrogen and oxygen atoms in total. The molecule has 2 unspecified atom stereocenters. The van der Waals surface area contributed by atoms with Crippen molar-refractivity contribution in [1.29, 1.82) is 0 Å². The summed E-state index contributed by atoms with van der Waals surface area (Å²) in [7, 11) is -5.10. The molecule has 3 fully saturated rings. The number of aliphatic hydroxyl groups is 2. The zero-order chi connectivity index (χ0) is 33.5. The van der Waals surface area contributed by atoms with Gasteiger partial charge in [0.25, 0.3) is 5.56 Å². The Hall–Kier alpha value is -2.82. The van der Waals surface area contributed by atoms with Gasteiger partial charge in [0.05, 0.1) is 32.5 Å². The maximum atomic E-state index is 15.1. The molecule has 0 aliphatic carbocycles. The number of aromatic amines is 1. The number of halogens is 1. The number of anilines is 1. The van der Waals surface area contributed by atoms with Gasteiger partial charge in [0.15, 0.2) is 29.2 Å². The number of nitrogen functional groups attached to an aromatic ring is 1. The third-order valence-electron chi connectivity index (χ3n) is 8.40. The zero-order valence-corrected chi connectivity index (χ0v) is 26.6. The Morgan fingerprint density at radius 1 is 1.19 bits per heavy atom. The van der Waals surface area contributed by atoms with E-state index in [1.807, 2.05) is 0 Å². The Labute approximate surface area is 267 Å². The number of rotatable bonds is 3. The summed E-state index contributed by atoms with van der Waals surface area (Å²) in [4.78, 5) is 53.1. The number of phosphoric acid groups is 1. The number of aromatic nitrogens is 7. The summed E-state index contributed by atoms with van der Waals surface area (Å²) in [5, 5.41) is 22.5. The SMILES string of the molecule is CC[C@@]12COP(O)(=S)O[C@]3(n4cc(F)c5c(=O)[nH]cnc54)CO[C@H](COP(=O)(O)O[C@H]1[C@@H](O)[C@H](n1cnc4c(N)ncnc41)O2)[C@H]3O. The smallest absolute Gasteiger partial charge is 0.386 e. The van der Waals surface area contributed by atoms with E-state index in [1.165, 1.54) is 17.2 Å². The van der Waals surface area contributed by atoms with Crippen LogP contribution in [0.15, 0.2) is 30.0 Å². The first-order valence-corrected chi connectivity index (χ1v) is 18.0. The van der Waals surface area contributed by atoms with Crippen LogP contribution in [0.4, 0.5) is 10.2 Å². The van der Waals surface area contributed by atoms with Crippen LogP contribution in [0.25, 0.3) is 22.2 Å². The molecule has 3 saturated heterocycles. The number of H-pyrrole nitrogens is 1. The molecule has 3 aliphatic rings. The van der Waals surface area contributed by atoms with Crippen LogP contribution in [0.2, 0.25) is 0 Å². The van der Waals surface area contributed by atoms with Gasteiger partial charge >= 0.3 is 14.5 Å². The minimum Gasteiger partial charge on any atom is -0.386 e. The fourth-order valence-corrected chi connectivity index (χ4v) is 8.65. The van der Waals surface area contributed by atoms with Crippen molar-refractivity contribution in [2.24, 2.45) is 0 Å². The summed E-state index contributed by atoms with van der Waals surface area (Å²) in [6.07, 6.45) is -3.94. The van der Waals surface area contributed by atoms with E-state index in [-0.39, 0.29) is 29.0 Å². The molecular formula is C23H27FN8O12P2S. The van der Waals surface area contributed by atoms with E-state index in [0.29, 0.717) is 0 Å². The first-order valence-electron chi connectivity index (χ1n) is 13.9. The fraction of sp³-hybridized carbons (Fsp3) is 0.522. The topological polar surface area (TPSA) is 274 Å². The van der Waals surface area contributed by atoms with Crippen molar-refractivity contribution in [2.75, 3.05) is 25.6 Å². The number of aliphatic hydroxyl groups excluding tert-OH is 2. The normalized spacial score (nSPS) is 38.2. The monoisotopic (exact) mass is 720 g/mol. The van der Waals surface area contributed by atoms with Gasteiger partial charge in [-0.2, -0.15) is 0 Å². The first kappa shape index (κ1) is 32.7. The van der Waals surface area contributed by atoms with Gasteiger partial charge in [0.2, 0.25) is 5.72 Å². The lowest BCUT2D eigenvalue weighted by Crippen LogP contribution is -2.49. The molecule has 2 bridgehead atoms. The molecule has 0 amide bonds. The number of fused-ring (bicyclic) bond motifs is 5. The van der Waals surface area contributed by atoms with E-state index in [4.69, 9.17) is 45.1 Å². The Balaban J connectivity index is 1.31. The standard InChI is InChI=1S/C23H27FN8O12P2S/c1-2-22-5-41-46(38,47)44-23(32-3-10(24)12-18(32)27-8-29-20(12)35)6-39-11(15(23)34)4-40-45(36,37)43-16(22)14(33)21(42-22)31-9-30-13-17(25)26-7-28-19(13)31/h3,7-9,11,14-16,21,33-34H,2,4-6H2,1H3,(H,36,37)(H,38,47)(H2,25,26,28)(H,27,29,35)/t11-,14-,15-,16+,21-,22-,23-,46?/m1/s1. The minimum absolute atomic E-state index is 0.0445. The van der Waals surface area contributed by atoms with E-state index >= 15 is 4.39 Å². The van der Waals surface area contributed by atoms with Crippen molar-refractivity contribution in [3.05, 3.63) is 41.3 Å². The van der Waals surface area contributed by atoms with Gasteiger partial charge in [-0.3, -0.25) is 27.5 Å². The van der Waals surface area contributed by atoms with Crippen molar-refractivity contribution in [3.63, 3.8) is 0 Å². The third kappa shape index (κ3) is 5.24. The van der Waals surface area contributed by atoms with E-state index < -0.39 is 93.1 Å². The van der Waals surface area contributed by atoms with Crippen molar-refractivity contribution < 1.29 is 56.5 Å². The number of hydrogen-bond donors (Lipinski definition) is 6. The predicted molar refractivity (Wildman–Crippen MR) is 157 cm³/mol. The summed E-state index contributed by atoms with van der Waals surface area (Å²) >= 11 is 5.34. The van der Waals surface area contributed by atoms with Crippen LogP contribution < -0.4 is 11.3 Å². The van der Waals surface area contributed by atoms with Gasteiger partial charge in [-0.15, -0.1) is 0 Å². The highest BCUT2D eigenvalue weighted by atomic mass is 32.5. The second-order valence-corrected chi connectivity index (χ2v) is 15.2. The van der Waals surface area contributed by atoms with Crippen LogP contribution in [0.1, 0.15) is 19.6 Å². The number of nitrogens with two attached hydrogens (primary N) is 1. The van der Waals surface area contributed by atoms with Crippen molar-refractivity contribution in [2.45, 2.75) is 55.3 Å². The second kappa shape index (κ2) is 11.4. The van der Waals surface area contributed by atoms with Gasteiger partial charge in [-0.25, -0.2) is 28.9 Å². The lowest BCUT2D eigenvalue weighted by molar-refractivity contribution is -0.131. The number of ether oxygens (including phenoxy) is 2. The molecule has 4 aromatic heterocycles. The van der Waals surface area contributed by atoms with Crippen LogP contribution in [0, 0.1) is 5.82 Å². The largest absolute Gasteiger partial charge is 0.472 e. The highest BCUT2D eigenvalue weighted by Gasteiger charge is 2.61. The summed E-state index contributed by atoms with van der Waals surface area (Å²) in [5.41, 5.74) is 0.994. The lowest BCUT2D eigenvalue weighted by Gasteiger charge is -2.37. The molecule has 4 aromatic rings. The molecule has 7 N–H and O–H groups in total. The number of nitrogens with zero attached hydrogens (tertiary/aromatic N) is 6. The summed E-state index contributed by atoms with van der Waals surface area (Å²) in [6.45, 7) is -5.12. The zero-order valence-electron chi connectivity index (χ0n) is 24.0. The van der Waals surface area contributed by atoms with E-state index in [1.54, 1.807) is 6.92 Å². The Kier molecular flexibility index (Phi) is 7.92. The number of hydrogen-bond acceptors (Lipinski definition) is 16. The number of imidazole rings is 1. The van der Waals surface area contributed by atoms with E-state index in [0.717, 1.165) is 17.1 Å². The van der Waals surface area contributed by atoms with Crippen LogP contribution in [0.5, 0.6) is 0 Å². The van der Waals surface area contributed by atoms with E-state index in [9.17, 15) is 29.4 Å². The first-order chi connectivity index (χ1) is 22.2. The fourth-order valence-electron chi connectivity index (χ4n) is 6.02. The maximum absolute atomic E-state index is 15.1. The van der Waals surface area contributed by atoms with Crippen LogP contribution >= 0.6 is 14.5 Å². The molecule has 0 radical (unpaired) electrons. The Morgan fingerprint density at radius 2 is 1.98 bits per heavy atom. The summed E-state index contributed by atoms with van der Waals surface area (Å²) in [6, 6.07) is 0. The molecule has 254 valence electrons. The van der Waals surface area contributed by atoms with Gasteiger partial charge in [0.1, 0.15) is 47.2 Å². The molecule has 47 heavy (non-hydrogen) atoms. The summed E-state index contributed by atoms with van der Waals surface area (Å²) in [5.74, 6) is -1.00. The highest BCUT2D eigenvalue weighted by Crippen LogP contribution is 2.58. The molecule has 0 spiro atoms. The highest BCUT2D eigenvalue weighted by molar-refractivity contribution is 8.07. The molecule has 7 heterocycles. The minimum atomic E-state index is -5.10. The van der Waals surface area contributed by atoms with Crippen LogP contribution in [-0.4, -0.2) is 104 Å². The third-order valence-corrected chi connectivity index (χ3v) is 10.9. The van der Waals surface area contributed by atoms with Crippen LogP contribution in [0.3, 0.4) is 0 Å². The van der Waals surface area contributed by atoms with Gasteiger partial charge in [-0.1, -0.05) is 6.92 Å². The average molecular weight is 721 g/mol. The lowest BCUT2D eigenvalue weighted by atomic mass is 9.93. The molecule has 9 atom stereocenters. The van der Waals surface area contributed by atoms with Gasteiger partial charge in [0, 0.05) is 6.20 Å². The van der Waals surface area contributed by atoms with Gasteiger partial charge < -0.3 is 44.7 Å². The predicted octanol–water partition coefficient (Wildman–Crippen LogP) is -0.497. The van der Waals surface area contributed by atoms with Crippen LogP contribution in [-0.2, 0) is 49.7 Å². The average Bonchev–Trinajstić information content (AvgIpc) is 3.75. The molecular weight excluding hydrogens is 693 g/mol. The number of nitrogens with one attached hydrogen (secondary N) is 1. The van der Waals surface area contributed by atoms with E-state index in [2.05, 4.69) is 24.9 Å². The van der Waals surface area contributed by atoms with Gasteiger partial charge in [-0.05, 0) is 18.2 Å². The molecule has 0 aromatic carbocycles. The number of phosphoric ester groups is 1. The quantitative estimate of drug-likeness (QED) is 0.146. The Morgan fingerprint density at radius 3 is 2.74 bits per heavy atom.